The highest BCUT2D eigenvalue weighted by Gasteiger charge is 2.36. The Labute approximate surface area is 275 Å². The number of nitriles is 1. The van der Waals surface area contributed by atoms with Crippen molar-refractivity contribution in [2.24, 2.45) is 0 Å². The second-order valence-electron chi connectivity index (χ2n) is 12.9. The molecule has 0 spiro atoms. The van der Waals surface area contributed by atoms with Crippen molar-refractivity contribution in [1.29, 1.82) is 5.26 Å². The maximum atomic E-state index is 15.5. The normalized spacial score (nSPS) is 19.3. The van der Waals surface area contributed by atoms with Crippen LogP contribution in [-0.2, 0) is 0 Å². The first-order valence-corrected chi connectivity index (χ1v) is 16.8. The Balaban J connectivity index is 1.16. The number of nitrogens with one attached hydrogen (secondary N) is 2. The maximum Gasteiger partial charge on any atom is 0.254 e. The minimum absolute atomic E-state index is 0.00215. The van der Waals surface area contributed by atoms with Crippen molar-refractivity contribution in [2.45, 2.75) is 84.0 Å². The molecule has 3 aromatic rings. The summed E-state index contributed by atoms with van der Waals surface area (Å²) in [5, 5.41) is 15.9. The van der Waals surface area contributed by atoms with Crippen LogP contribution < -0.4 is 20.3 Å². The SMILES string of the molecule is CCC1c2c(C#N)ncn2-c2cnc(Nc3cc(F)c(C(=O)NC4CCN(C5CCN(CC)CC5)CC4)cc3OC)nc2N1C(C)C. The zero-order valence-corrected chi connectivity index (χ0v) is 28.0. The lowest BCUT2D eigenvalue weighted by Crippen LogP contribution is -2.51. The van der Waals surface area contributed by atoms with E-state index in [9.17, 15) is 10.1 Å². The molecule has 3 aliphatic heterocycles. The molecule has 1 unspecified atom stereocenters. The molecule has 6 rings (SSSR count). The third-order valence-electron chi connectivity index (χ3n) is 9.92. The summed E-state index contributed by atoms with van der Waals surface area (Å²) in [6, 6.07) is 5.45. The molecule has 47 heavy (non-hydrogen) atoms. The Morgan fingerprint density at radius 1 is 1.13 bits per heavy atom. The zero-order valence-electron chi connectivity index (χ0n) is 28.0. The molecular formula is C34H45FN10O2. The lowest BCUT2D eigenvalue weighted by molar-refractivity contribution is 0.0774. The summed E-state index contributed by atoms with van der Waals surface area (Å²) in [6.45, 7) is 13.7. The highest BCUT2D eigenvalue weighted by Crippen LogP contribution is 2.42. The summed E-state index contributed by atoms with van der Waals surface area (Å²) < 4.78 is 23.0. The van der Waals surface area contributed by atoms with E-state index in [1.165, 1.54) is 32.1 Å². The van der Waals surface area contributed by atoms with Gasteiger partial charge in [0, 0.05) is 37.3 Å². The van der Waals surface area contributed by atoms with Crippen LogP contribution in [0, 0.1) is 17.1 Å². The number of nitrogens with zero attached hydrogens (tertiary/aromatic N) is 8. The summed E-state index contributed by atoms with van der Waals surface area (Å²) >= 11 is 0. The Bertz CT molecular complexity index is 1640. The summed E-state index contributed by atoms with van der Waals surface area (Å²) in [6.07, 6.45) is 8.11. The minimum atomic E-state index is -0.661. The van der Waals surface area contributed by atoms with E-state index in [0.29, 0.717) is 34.7 Å². The molecule has 3 aliphatic rings. The molecule has 0 saturated carbocycles. The van der Waals surface area contributed by atoms with E-state index in [-0.39, 0.29) is 29.6 Å². The van der Waals surface area contributed by atoms with Gasteiger partial charge in [-0.3, -0.25) is 9.36 Å². The van der Waals surface area contributed by atoms with Gasteiger partial charge in [0.05, 0.1) is 36.3 Å². The summed E-state index contributed by atoms with van der Waals surface area (Å²) in [5.74, 6) is 0.111. The molecule has 2 fully saturated rings. The summed E-state index contributed by atoms with van der Waals surface area (Å²) in [7, 11) is 1.48. The molecule has 0 bridgehead atoms. The van der Waals surface area contributed by atoms with E-state index in [1.807, 2.05) is 4.57 Å². The van der Waals surface area contributed by atoms with Crippen LogP contribution in [0.4, 0.5) is 21.8 Å². The van der Waals surface area contributed by atoms with Crippen molar-refractivity contribution in [2.75, 3.05) is 50.1 Å². The smallest absolute Gasteiger partial charge is 0.254 e. The number of methoxy groups -OCH3 is 1. The molecule has 0 aliphatic carbocycles. The van der Waals surface area contributed by atoms with Crippen molar-refractivity contribution in [3.8, 4) is 17.5 Å². The second kappa shape index (κ2) is 13.8. The molecule has 2 N–H and O–H groups in total. The largest absolute Gasteiger partial charge is 0.495 e. The van der Waals surface area contributed by atoms with Crippen LogP contribution in [-0.4, -0.2) is 93.2 Å². The molecule has 12 nitrogen and oxygen atoms in total. The fraction of sp³-hybridized carbons (Fsp3) is 0.559. The van der Waals surface area contributed by atoms with Crippen LogP contribution in [0.3, 0.4) is 0 Å². The first kappa shape index (κ1) is 32.7. The van der Waals surface area contributed by atoms with Gasteiger partial charge < -0.3 is 30.1 Å². The standard InChI is InChI=1S/C34H45FN10O2/c1-6-28-31-27(18-36)38-20-44(31)29-19-37-34(41-32(29)45(28)21(3)4)40-26-17-25(35)24(16-30(26)47-5)33(46)39-22-8-14-43(15-9-22)23-10-12-42(7-2)13-11-23/h16-17,19-23,28H,6-15H2,1-5H3,(H,39,46)(H,37,40,41). The van der Waals surface area contributed by atoms with Crippen LogP contribution >= 0.6 is 0 Å². The number of fused-ring (bicyclic) bond motifs is 3. The number of carbonyl (C=O) groups is 1. The molecule has 1 amide bonds. The van der Waals surface area contributed by atoms with Gasteiger partial charge in [-0.2, -0.15) is 10.2 Å². The Kier molecular flexibility index (Phi) is 9.61. The minimum Gasteiger partial charge on any atom is -0.495 e. The van der Waals surface area contributed by atoms with Crippen LogP contribution in [0.15, 0.2) is 24.7 Å². The van der Waals surface area contributed by atoms with E-state index in [1.54, 1.807) is 12.5 Å². The van der Waals surface area contributed by atoms with Gasteiger partial charge in [-0.05, 0) is 71.7 Å². The van der Waals surface area contributed by atoms with Gasteiger partial charge in [0.2, 0.25) is 5.95 Å². The summed E-state index contributed by atoms with van der Waals surface area (Å²) in [5.41, 5.74) is 2.14. The first-order valence-electron chi connectivity index (χ1n) is 16.8. The third-order valence-corrected chi connectivity index (χ3v) is 9.92. The van der Waals surface area contributed by atoms with E-state index in [0.717, 1.165) is 57.7 Å². The Morgan fingerprint density at radius 3 is 2.51 bits per heavy atom. The number of likely N-dealkylation sites (tertiary alicyclic amines) is 2. The van der Waals surface area contributed by atoms with E-state index < -0.39 is 11.7 Å². The van der Waals surface area contributed by atoms with E-state index in [4.69, 9.17) is 9.72 Å². The molecule has 13 heteroatoms. The van der Waals surface area contributed by atoms with Crippen molar-refractivity contribution >= 4 is 23.4 Å². The van der Waals surface area contributed by atoms with Crippen LogP contribution in [0.5, 0.6) is 5.75 Å². The average Bonchev–Trinajstić information content (AvgIpc) is 3.52. The van der Waals surface area contributed by atoms with Gasteiger partial charge in [0.1, 0.15) is 29.7 Å². The number of carbonyl (C=O) groups excluding carboxylic acids is 1. The number of imidazole rings is 1. The number of benzene rings is 1. The van der Waals surface area contributed by atoms with E-state index in [2.05, 4.69) is 69.1 Å². The fourth-order valence-electron chi connectivity index (χ4n) is 7.40. The predicted octanol–water partition coefficient (Wildman–Crippen LogP) is 4.78. The number of piperidine rings is 2. The van der Waals surface area contributed by atoms with Crippen molar-refractivity contribution in [1.82, 2.24) is 34.6 Å². The quantitative estimate of drug-likeness (QED) is 0.336. The highest BCUT2D eigenvalue weighted by molar-refractivity contribution is 5.96. The van der Waals surface area contributed by atoms with Gasteiger partial charge in [0.15, 0.2) is 11.5 Å². The summed E-state index contributed by atoms with van der Waals surface area (Å²) in [4.78, 5) is 34.2. The molecule has 2 aromatic heterocycles. The molecular weight excluding hydrogens is 599 g/mol. The molecule has 250 valence electrons. The lowest BCUT2D eigenvalue weighted by Gasteiger charge is -2.41. The number of hydrogen-bond donors (Lipinski definition) is 2. The monoisotopic (exact) mass is 644 g/mol. The van der Waals surface area contributed by atoms with Crippen molar-refractivity contribution in [3.05, 3.63) is 47.4 Å². The van der Waals surface area contributed by atoms with Gasteiger partial charge >= 0.3 is 0 Å². The number of rotatable bonds is 9. The van der Waals surface area contributed by atoms with E-state index >= 15 is 4.39 Å². The molecule has 0 radical (unpaired) electrons. The number of aromatic nitrogens is 4. The predicted molar refractivity (Wildman–Crippen MR) is 178 cm³/mol. The van der Waals surface area contributed by atoms with Crippen LogP contribution in [0.2, 0.25) is 0 Å². The average molecular weight is 645 g/mol. The van der Waals surface area contributed by atoms with Gasteiger partial charge in [0.25, 0.3) is 5.91 Å². The van der Waals surface area contributed by atoms with Gasteiger partial charge in [-0.25, -0.2) is 14.4 Å². The topological polar surface area (TPSA) is 127 Å². The molecule has 2 saturated heterocycles. The molecule has 1 atom stereocenters. The van der Waals surface area contributed by atoms with Crippen molar-refractivity contribution < 1.29 is 13.9 Å². The molecule has 1 aromatic carbocycles. The van der Waals surface area contributed by atoms with Crippen LogP contribution in [0.25, 0.3) is 5.69 Å². The number of amides is 1. The lowest BCUT2D eigenvalue weighted by atomic mass is 9.97. The van der Waals surface area contributed by atoms with Gasteiger partial charge in [-0.1, -0.05) is 13.8 Å². The Morgan fingerprint density at radius 2 is 1.87 bits per heavy atom. The highest BCUT2D eigenvalue weighted by atomic mass is 19.1. The van der Waals surface area contributed by atoms with Crippen LogP contribution in [0.1, 0.15) is 87.6 Å². The molecule has 5 heterocycles. The maximum absolute atomic E-state index is 15.5. The van der Waals surface area contributed by atoms with Crippen molar-refractivity contribution in [3.63, 3.8) is 0 Å². The third kappa shape index (κ3) is 6.36. The zero-order chi connectivity index (χ0) is 33.2. The number of ether oxygens (including phenoxy) is 1. The first-order chi connectivity index (χ1) is 22.8. The fourth-order valence-corrected chi connectivity index (χ4v) is 7.40. The Hall–Kier alpha value is -4.28. The van der Waals surface area contributed by atoms with Gasteiger partial charge in [-0.15, -0.1) is 0 Å². The number of hydrogen-bond acceptors (Lipinski definition) is 10. The number of halogens is 1. The number of anilines is 3. The second-order valence-corrected chi connectivity index (χ2v) is 12.9.